The van der Waals surface area contributed by atoms with Gasteiger partial charge in [0.1, 0.15) is 35.6 Å². The van der Waals surface area contributed by atoms with Gasteiger partial charge in [0.2, 0.25) is 5.88 Å². The topological polar surface area (TPSA) is 121 Å². The van der Waals surface area contributed by atoms with E-state index in [0.29, 0.717) is 41.6 Å². The minimum absolute atomic E-state index is 0.246. The van der Waals surface area contributed by atoms with Crippen molar-refractivity contribution in [3.05, 3.63) is 54.1 Å². The Morgan fingerprint density at radius 2 is 2.09 bits per heavy atom. The number of hydrogen-bond acceptors (Lipinski definition) is 9. The molecule has 0 spiro atoms. The standard InChI is InChI=1S/C24H27N7O3/c1-15-11-17(4-6-20(15)34-19-5-3-16(2)25-12-19)28-22-21-23(27-14-26-22)29-30-24(21)33-10-9-31-8-7-18(32)13-31/h3-6,11-12,14,18,32H,7-10,13H2,1-2H3,(H2,26,27,28,29,30)/t18-/m1/s1. The van der Waals surface area contributed by atoms with Gasteiger partial charge < -0.3 is 19.9 Å². The summed E-state index contributed by atoms with van der Waals surface area (Å²) >= 11 is 0. The number of nitrogens with one attached hydrogen (secondary N) is 2. The lowest BCUT2D eigenvalue weighted by molar-refractivity contribution is 0.167. The van der Waals surface area contributed by atoms with Crippen LogP contribution in [0, 0.1) is 13.8 Å². The van der Waals surface area contributed by atoms with Crippen molar-refractivity contribution in [3.8, 4) is 17.4 Å². The van der Waals surface area contributed by atoms with Crippen molar-refractivity contribution < 1.29 is 14.6 Å². The van der Waals surface area contributed by atoms with Crippen LogP contribution < -0.4 is 14.8 Å². The zero-order valence-corrected chi connectivity index (χ0v) is 19.2. The fourth-order valence-electron chi connectivity index (χ4n) is 3.94. The summed E-state index contributed by atoms with van der Waals surface area (Å²) in [5.74, 6) is 2.49. The van der Waals surface area contributed by atoms with Gasteiger partial charge in [0, 0.05) is 31.0 Å². The highest BCUT2D eigenvalue weighted by Crippen LogP contribution is 2.32. The second-order valence-electron chi connectivity index (χ2n) is 8.41. The molecule has 4 heterocycles. The maximum absolute atomic E-state index is 9.69. The molecule has 0 unspecified atom stereocenters. The quantitative estimate of drug-likeness (QED) is 0.363. The number of aliphatic hydroxyl groups excluding tert-OH is 1. The van der Waals surface area contributed by atoms with Crippen LogP contribution in [0.25, 0.3) is 11.0 Å². The van der Waals surface area contributed by atoms with E-state index in [4.69, 9.17) is 9.47 Å². The number of benzene rings is 1. The van der Waals surface area contributed by atoms with E-state index in [1.165, 1.54) is 6.33 Å². The Balaban J connectivity index is 1.29. The number of anilines is 2. The highest BCUT2D eigenvalue weighted by Gasteiger charge is 2.20. The number of likely N-dealkylation sites (tertiary alicyclic amines) is 1. The minimum atomic E-state index is -0.246. The van der Waals surface area contributed by atoms with E-state index in [-0.39, 0.29) is 6.10 Å². The largest absolute Gasteiger partial charge is 0.475 e. The van der Waals surface area contributed by atoms with E-state index < -0.39 is 0 Å². The summed E-state index contributed by atoms with van der Waals surface area (Å²) < 4.78 is 11.9. The predicted octanol–water partition coefficient (Wildman–Crippen LogP) is 3.35. The number of hydrogen-bond donors (Lipinski definition) is 3. The van der Waals surface area contributed by atoms with E-state index in [9.17, 15) is 5.11 Å². The van der Waals surface area contributed by atoms with Crippen LogP contribution in [-0.4, -0.2) is 67.5 Å². The summed E-state index contributed by atoms with van der Waals surface area (Å²) in [5, 5.41) is 20.9. The molecule has 10 nitrogen and oxygen atoms in total. The van der Waals surface area contributed by atoms with E-state index >= 15 is 0 Å². The Kier molecular flexibility index (Phi) is 6.24. The number of nitrogens with zero attached hydrogens (tertiary/aromatic N) is 5. The summed E-state index contributed by atoms with van der Waals surface area (Å²) in [6, 6.07) is 9.65. The van der Waals surface area contributed by atoms with Crippen molar-refractivity contribution >= 4 is 22.5 Å². The lowest BCUT2D eigenvalue weighted by Gasteiger charge is -2.15. The number of aromatic amines is 1. The number of H-pyrrole nitrogens is 1. The SMILES string of the molecule is Cc1ccc(Oc2ccc(Nc3ncnc4[nH]nc(OCCN5CC[C@@H](O)C5)c34)cc2C)cn1. The minimum Gasteiger partial charge on any atom is -0.475 e. The monoisotopic (exact) mass is 461 g/mol. The van der Waals surface area contributed by atoms with Gasteiger partial charge >= 0.3 is 0 Å². The van der Waals surface area contributed by atoms with Gasteiger partial charge in [-0.25, -0.2) is 9.97 Å². The zero-order chi connectivity index (χ0) is 23.5. The number of β-amino-alcohol motifs (C(OH)–C–C–N with tert-alkyl or cyclic N) is 1. The molecule has 1 fully saturated rings. The third-order valence-corrected chi connectivity index (χ3v) is 5.77. The first-order valence-electron chi connectivity index (χ1n) is 11.3. The second kappa shape index (κ2) is 9.62. The Bertz CT molecular complexity index is 1280. The van der Waals surface area contributed by atoms with Crippen LogP contribution in [0.4, 0.5) is 11.5 Å². The average molecular weight is 462 g/mol. The number of aryl methyl sites for hydroxylation is 2. The van der Waals surface area contributed by atoms with Crippen LogP contribution in [0.15, 0.2) is 42.9 Å². The smallest absolute Gasteiger partial charge is 0.246 e. The Labute approximate surface area is 197 Å². The van der Waals surface area contributed by atoms with Crippen LogP contribution in [0.3, 0.4) is 0 Å². The second-order valence-corrected chi connectivity index (χ2v) is 8.41. The molecule has 1 aliphatic rings. The van der Waals surface area contributed by atoms with Crippen molar-refractivity contribution in [2.24, 2.45) is 0 Å². The van der Waals surface area contributed by atoms with Gasteiger partial charge in [-0.2, -0.15) is 0 Å². The molecule has 3 aromatic heterocycles. The molecule has 10 heteroatoms. The van der Waals surface area contributed by atoms with Crippen molar-refractivity contribution in [3.63, 3.8) is 0 Å². The fourth-order valence-corrected chi connectivity index (χ4v) is 3.94. The lowest BCUT2D eigenvalue weighted by atomic mass is 10.2. The van der Waals surface area contributed by atoms with Gasteiger partial charge in [-0.1, -0.05) is 0 Å². The zero-order valence-electron chi connectivity index (χ0n) is 19.2. The Morgan fingerprint density at radius 3 is 2.85 bits per heavy atom. The Hall–Kier alpha value is -3.76. The normalized spacial score (nSPS) is 16.1. The molecule has 1 saturated heterocycles. The molecule has 5 rings (SSSR count). The number of aromatic nitrogens is 5. The molecule has 0 aliphatic carbocycles. The van der Waals surface area contributed by atoms with Crippen LogP contribution in [0.5, 0.6) is 17.4 Å². The molecule has 3 N–H and O–H groups in total. The number of fused-ring (bicyclic) bond motifs is 1. The first-order chi connectivity index (χ1) is 16.5. The van der Waals surface area contributed by atoms with Gasteiger partial charge in [0.05, 0.1) is 12.3 Å². The van der Waals surface area contributed by atoms with Crippen LogP contribution in [0.1, 0.15) is 17.7 Å². The van der Waals surface area contributed by atoms with E-state index in [2.05, 4.69) is 35.4 Å². The predicted molar refractivity (Wildman–Crippen MR) is 128 cm³/mol. The van der Waals surface area contributed by atoms with Gasteiger partial charge in [-0.05, 0) is 56.2 Å². The summed E-state index contributed by atoms with van der Waals surface area (Å²) in [4.78, 5) is 15.1. The Morgan fingerprint density at radius 1 is 1.18 bits per heavy atom. The van der Waals surface area contributed by atoms with E-state index in [0.717, 1.165) is 42.2 Å². The third-order valence-electron chi connectivity index (χ3n) is 5.77. The summed E-state index contributed by atoms with van der Waals surface area (Å²) in [7, 11) is 0. The molecule has 1 aliphatic heterocycles. The number of rotatable bonds is 8. The molecule has 0 amide bonds. The van der Waals surface area contributed by atoms with E-state index in [1.807, 2.05) is 44.2 Å². The van der Waals surface area contributed by atoms with Crippen molar-refractivity contribution in [2.45, 2.75) is 26.4 Å². The molecule has 0 bridgehead atoms. The molecular formula is C24H27N7O3. The van der Waals surface area contributed by atoms with Crippen LogP contribution in [-0.2, 0) is 0 Å². The van der Waals surface area contributed by atoms with Crippen molar-refractivity contribution in [1.82, 2.24) is 30.0 Å². The fraction of sp³-hybridized carbons (Fsp3) is 0.333. The summed E-state index contributed by atoms with van der Waals surface area (Å²) in [6.45, 7) is 6.66. The first-order valence-corrected chi connectivity index (χ1v) is 11.3. The number of ether oxygens (including phenoxy) is 2. The maximum atomic E-state index is 9.69. The number of pyridine rings is 1. The van der Waals surface area contributed by atoms with Gasteiger partial charge in [-0.15, -0.1) is 5.10 Å². The van der Waals surface area contributed by atoms with Crippen LogP contribution in [0.2, 0.25) is 0 Å². The van der Waals surface area contributed by atoms with Crippen molar-refractivity contribution in [1.29, 1.82) is 0 Å². The molecule has 176 valence electrons. The van der Waals surface area contributed by atoms with Gasteiger partial charge in [0.25, 0.3) is 0 Å². The summed E-state index contributed by atoms with van der Waals surface area (Å²) in [6.07, 6.45) is 3.75. The maximum Gasteiger partial charge on any atom is 0.246 e. The highest BCUT2D eigenvalue weighted by atomic mass is 16.5. The van der Waals surface area contributed by atoms with Gasteiger partial charge in [-0.3, -0.25) is 15.0 Å². The van der Waals surface area contributed by atoms with Crippen LogP contribution >= 0.6 is 0 Å². The molecule has 0 radical (unpaired) electrons. The third kappa shape index (κ3) is 4.92. The molecule has 0 saturated carbocycles. The highest BCUT2D eigenvalue weighted by molar-refractivity contribution is 5.92. The molecule has 1 atom stereocenters. The average Bonchev–Trinajstić information content (AvgIpc) is 3.44. The molecule has 34 heavy (non-hydrogen) atoms. The first kappa shape index (κ1) is 22.1. The molecule has 4 aromatic rings. The number of aliphatic hydroxyl groups is 1. The van der Waals surface area contributed by atoms with Gasteiger partial charge in [0.15, 0.2) is 5.65 Å². The summed E-state index contributed by atoms with van der Waals surface area (Å²) in [5.41, 5.74) is 3.35. The molecular weight excluding hydrogens is 434 g/mol. The van der Waals surface area contributed by atoms with Crippen molar-refractivity contribution in [2.75, 3.05) is 31.6 Å². The lowest BCUT2D eigenvalue weighted by Crippen LogP contribution is -2.27. The molecule has 1 aromatic carbocycles. The van der Waals surface area contributed by atoms with E-state index in [1.54, 1.807) is 6.20 Å².